The summed E-state index contributed by atoms with van der Waals surface area (Å²) in [6.07, 6.45) is 7.34. The van der Waals surface area contributed by atoms with Crippen LogP contribution >= 0.6 is 0 Å². The minimum absolute atomic E-state index is 0.165. The van der Waals surface area contributed by atoms with Gasteiger partial charge in [0.15, 0.2) is 11.5 Å². The van der Waals surface area contributed by atoms with Crippen molar-refractivity contribution in [1.82, 2.24) is 5.32 Å². The Morgan fingerprint density at radius 2 is 2.04 bits per heavy atom. The smallest absolute Gasteiger partial charge is 0.175 e. The molecular formula is C19H25NO3. The van der Waals surface area contributed by atoms with Crippen LogP contribution in [0.1, 0.15) is 51.5 Å². The number of carbonyl (C=O) groups excluding carboxylic acids is 1. The molecule has 1 saturated carbocycles. The predicted octanol–water partition coefficient (Wildman–Crippen LogP) is 3.90. The van der Waals surface area contributed by atoms with E-state index in [0.29, 0.717) is 0 Å². The second-order valence-corrected chi connectivity index (χ2v) is 6.89. The molecule has 1 fully saturated rings. The van der Waals surface area contributed by atoms with E-state index < -0.39 is 5.72 Å². The molecule has 1 aliphatic carbocycles. The molecule has 3 rings (SSSR count). The van der Waals surface area contributed by atoms with Crippen molar-refractivity contribution in [2.75, 3.05) is 7.11 Å². The van der Waals surface area contributed by atoms with Gasteiger partial charge in [0.05, 0.1) is 12.8 Å². The third kappa shape index (κ3) is 3.52. The molecule has 1 N–H and O–H groups in total. The lowest BCUT2D eigenvalue weighted by molar-refractivity contribution is -0.119. The van der Waals surface area contributed by atoms with Crippen molar-refractivity contribution in [1.29, 1.82) is 0 Å². The molecule has 124 valence electrons. The number of carbonyl (C=O) groups is 1. The van der Waals surface area contributed by atoms with Gasteiger partial charge in [-0.15, -0.1) is 0 Å². The maximum absolute atomic E-state index is 12.7. The van der Waals surface area contributed by atoms with Gasteiger partial charge in [-0.3, -0.25) is 4.79 Å². The predicted molar refractivity (Wildman–Crippen MR) is 90.4 cm³/mol. The lowest BCUT2D eigenvalue weighted by atomic mass is 9.85. The number of benzene rings is 1. The number of ketones is 1. The summed E-state index contributed by atoms with van der Waals surface area (Å²) in [7, 11) is 1.64. The Morgan fingerprint density at radius 1 is 1.30 bits per heavy atom. The summed E-state index contributed by atoms with van der Waals surface area (Å²) in [5, 5.41) is 3.33. The van der Waals surface area contributed by atoms with Gasteiger partial charge in [0.1, 0.15) is 11.5 Å². The van der Waals surface area contributed by atoms with Crippen LogP contribution in [-0.4, -0.2) is 18.6 Å². The Morgan fingerprint density at radius 3 is 2.74 bits per heavy atom. The Kier molecular flexibility index (Phi) is 4.33. The van der Waals surface area contributed by atoms with Gasteiger partial charge in [0.2, 0.25) is 0 Å². The van der Waals surface area contributed by atoms with Gasteiger partial charge in [0, 0.05) is 17.6 Å². The molecule has 0 bridgehead atoms. The van der Waals surface area contributed by atoms with E-state index in [1.807, 2.05) is 32.0 Å². The van der Waals surface area contributed by atoms with Crippen LogP contribution in [-0.2, 0) is 4.79 Å². The lowest BCUT2D eigenvalue weighted by Crippen LogP contribution is -2.46. The fraction of sp³-hybridized carbons (Fsp3) is 0.526. The first-order valence-corrected chi connectivity index (χ1v) is 8.40. The molecule has 1 heterocycles. The van der Waals surface area contributed by atoms with Crippen LogP contribution in [0.15, 0.2) is 24.3 Å². The van der Waals surface area contributed by atoms with Crippen molar-refractivity contribution in [3.05, 3.63) is 29.8 Å². The highest BCUT2D eigenvalue weighted by Gasteiger charge is 2.30. The molecule has 23 heavy (non-hydrogen) atoms. The van der Waals surface area contributed by atoms with Gasteiger partial charge in [-0.1, -0.05) is 19.3 Å². The molecule has 1 aromatic carbocycles. The monoisotopic (exact) mass is 315 g/mol. The zero-order chi connectivity index (χ0) is 16.4. The first kappa shape index (κ1) is 15.9. The van der Waals surface area contributed by atoms with E-state index in [1.54, 1.807) is 13.2 Å². The fourth-order valence-corrected chi connectivity index (χ4v) is 3.39. The molecule has 0 aromatic heterocycles. The van der Waals surface area contributed by atoms with Crippen LogP contribution in [0.4, 0.5) is 0 Å². The number of methoxy groups -OCH3 is 1. The van der Waals surface area contributed by atoms with Gasteiger partial charge in [-0.05, 0) is 44.9 Å². The molecule has 0 radical (unpaired) electrons. The van der Waals surface area contributed by atoms with Gasteiger partial charge in [-0.25, -0.2) is 0 Å². The van der Waals surface area contributed by atoms with Gasteiger partial charge < -0.3 is 14.8 Å². The summed E-state index contributed by atoms with van der Waals surface area (Å²) in [5.41, 5.74) is 1.17. The third-order valence-electron chi connectivity index (χ3n) is 4.57. The molecule has 4 nitrogen and oxygen atoms in total. The highest BCUT2D eigenvalue weighted by Crippen LogP contribution is 2.36. The first-order chi connectivity index (χ1) is 11.0. The lowest BCUT2D eigenvalue weighted by Gasteiger charge is -2.36. The number of hydrogen-bond acceptors (Lipinski definition) is 4. The second-order valence-electron chi connectivity index (χ2n) is 6.89. The molecule has 2 aliphatic rings. The Balaban J connectivity index is 1.94. The summed E-state index contributed by atoms with van der Waals surface area (Å²) < 4.78 is 11.3. The average molecular weight is 315 g/mol. The highest BCUT2D eigenvalue weighted by molar-refractivity contribution is 5.98. The molecule has 1 aliphatic heterocycles. The zero-order valence-corrected chi connectivity index (χ0v) is 14.1. The molecular weight excluding hydrogens is 290 g/mol. The minimum atomic E-state index is -0.541. The molecule has 0 saturated heterocycles. The molecule has 1 aromatic rings. The SMILES string of the molecule is COc1ccc2c(c1)/C(=C/C(=O)C1CCCCC1)NC(C)(C)O2. The molecule has 0 atom stereocenters. The standard InChI is InChI=1S/C19H25NO3/c1-19(2)20-16(12-17(21)13-7-5-4-6-8-13)15-11-14(22-3)9-10-18(15)23-19/h9-13,20H,4-8H2,1-3H3/b16-12-. The zero-order valence-electron chi connectivity index (χ0n) is 14.1. The van der Waals surface area contributed by atoms with Crippen LogP contribution in [0, 0.1) is 5.92 Å². The maximum atomic E-state index is 12.7. The van der Waals surface area contributed by atoms with Crippen molar-refractivity contribution in [3.63, 3.8) is 0 Å². The minimum Gasteiger partial charge on any atom is -0.497 e. The van der Waals surface area contributed by atoms with Crippen LogP contribution < -0.4 is 14.8 Å². The van der Waals surface area contributed by atoms with Crippen LogP contribution in [0.3, 0.4) is 0 Å². The normalized spacial score (nSPS) is 22.0. The number of fused-ring (bicyclic) bond motifs is 1. The van der Waals surface area contributed by atoms with Crippen LogP contribution in [0.5, 0.6) is 11.5 Å². The highest BCUT2D eigenvalue weighted by atomic mass is 16.5. The quantitative estimate of drug-likeness (QED) is 0.859. The number of rotatable bonds is 3. The Bertz CT molecular complexity index is 628. The van der Waals surface area contributed by atoms with Gasteiger partial charge in [0.25, 0.3) is 0 Å². The summed E-state index contributed by atoms with van der Waals surface area (Å²) in [6.45, 7) is 3.91. The van der Waals surface area contributed by atoms with E-state index >= 15 is 0 Å². The van der Waals surface area contributed by atoms with Crippen LogP contribution in [0.25, 0.3) is 5.70 Å². The van der Waals surface area contributed by atoms with E-state index in [4.69, 9.17) is 9.47 Å². The van der Waals surface area contributed by atoms with Gasteiger partial charge in [-0.2, -0.15) is 0 Å². The summed E-state index contributed by atoms with van der Waals surface area (Å²) in [6, 6.07) is 5.69. The van der Waals surface area contributed by atoms with E-state index in [9.17, 15) is 4.79 Å². The topological polar surface area (TPSA) is 47.6 Å². The molecule has 0 amide bonds. The molecule has 4 heteroatoms. The van der Waals surface area contributed by atoms with Gasteiger partial charge >= 0.3 is 0 Å². The Labute approximate surface area is 137 Å². The average Bonchev–Trinajstić information content (AvgIpc) is 2.54. The maximum Gasteiger partial charge on any atom is 0.175 e. The number of ether oxygens (including phenoxy) is 2. The van der Waals surface area contributed by atoms with Crippen molar-refractivity contribution >= 4 is 11.5 Å². The molecule has 0 spiro atoms. The second kappa shape index (κ2) is 6.26. The summed E-state index contributed by atoms with van der Waals surface area (Å²) in [5.74, 6) is 1.92. The van der Waals surface area contributed by atoms with Crippen molar-refractivity contribution in [3.8, 4) is 11.5 Å². The van der Waals surface area contributed by atoms with E-state index in [0.717, 1.165) is 48.4 Å². The number of hydrogen-bond donors (Lipinski definition) is 1. The van der Waals surface area contributed by atoms with Crippen LogP contribution in [0.2, 0.25) is 0 Å². The fourth-order valence-electron chi connectivity index (χ4n) is 3.39. The first-order valence-electron chi connectivity index (χ1n) is 8.40. The number of allylic oxidation sites excluding steroid dienone is 1. The third-order valence-corrected chi connectivity index (χ3v) is 4.57. The number of nitrogens with one attached hydrogen (secondary N) is 1. The molecule has 0 unspecified atom stereocenters. The van der Waals surface area contributed by atoms with Crippen molar-refractivity contribution in [2.45, 2.75) is 51.7 Å². The van der Waals surface area contributed by atoms with E-state index in [1.165, 1.54) is 6.42 Å². The summed E-state index contributed by atoms with van der Waals surface area (Å²) >= 11 is 0. The largest absolute Gasteiger partial charge is 0.497 e. The van der Waals surface area contributed by atoms with E-state index in [2.05, 4.69) is 5.32 Å². The summed E-state index contributed by atoms with van der Waals surface area (Å²) in [4.78, 5) is 12.7. The van der Waals surface area contributed by atoms with Crippen molar-refractivity contribution < 1.29 is 14.3 Å². The van der Waals surface area contributed by atoms with Crippen molar-refractivity contribution in [2.24, 2.45) is 5.92 Å². The van der Waals surface area contributed by atoms with E-state index in [-0.39, 0.29) is 11.7 Å². The Hall–Kier alpha value is -1.97.